The Bertz CT molecular complexity index is 918. The summed E-state index contributed by atoms with van der Waals surface area (Å²) >= 11 is 0. The predicted molar refractivity (Wildman–Crippen MR) is 159 cm³/mol. The second-order valence-electron chi connectivity index (χ2n) is 15.3. The van der Waals surface area contributed by atoms with Crippen LogP contribution < -0.4 is 21.3 Å². The normalized spacial score (nSPS) is 55.7. The van der Waals surface area contributed by atoms with Gasteiger partial charge in [-0.1, -0.05) is 54.4 Å². The van der Waals surface area contributed by atoms with Crippen molar-refractivity contribution in [1.82, 2.24) is 21.3 Å². The van der Waals surface area contributed by atoms with Crippen LogP contribution >= 0.6 is 0 Å². The molecule has 7 heteroatoms. The van der Waals surface area contributed by atoms with Crippen molar-refractivity contribution in [3.63, 3.8) is 0 Å². The molecule has 0 aromatic rings. The molecular formula is C33H58N4O3. The fourth-order valence-electron chi connectivity index (χ4n) is 11.6. The number of rotatable bonds is 5. The zero-order chi connectivity index (χ0) is 28.5. The van der Waals surface area contributed by atoms with Crippen molar-refractivity contribution in [3.8, 4) is 0 Å². The summed E-state index contributed by atoms with van der Waals surface area (Å²) in [6.07, 6.45) is 7.43. The largest absolute Gasteiger partial charge is 0.481 e. The smallest absolute Gasteiger partial charge is 0.303 e. The van der Waals surface area contributed by atoms with E-state index >= 15 is 0 Å². The van der Waals surface area contributed by atoms with Crippen LogP contribution in [-0.2, 0) is 4.79 Å². The summed E-state index contributed by atoms with van der Waals surface area (Å²) in [5.41, 5.74) is 0. The molecule has 5 aliphatic heterocycles. The van der Waals surface area contributed by atoms with Gasteiger partial charge in [-0.05, 0) is 79.4 Å². The summed E-state index contributed by atoms with van der Waals surface area (Å²) in [6, 6.07) is 3.52. The number of carboxylic acid groups (broad SMARTS) is 1. The molecule has 6 fully saturated rings. The molecule has 8 bridgehead atoms. The predicted octanol–water partition coefficient (Wildman–Crippen LogP) is 3.61. The van der Waals surface area contributed by atoms with Gasteiger partial charge in [-0.15, -0.1) is 0 Å². The first-order chi connectivity index (χ1) is 19.1. The lowest BCUT2D eigenvalue weighted by Crippen LogP contribution is -2.48. The minimum atomic E-state index is -0.688. The Labute approximate surface area is 242 Å². The number of hydrogen-bond donors (Lipinski definition) is 6. The maximum absolute atomic E-state index is 11.7. The zero-order valence-electron chi connectivity index (χ0n) is 25.9. The Hall–Kier alpha value is -0.730. The molecule has 18 unspecified atom stereocenters. The summed E-state index contributed by atoms with van der Waals surface area (Å²) in [4.78, 5) is 11.7. The molecule has 18 atom stereocenters. The lowest BCUT2D eigenvalue weighted by Gasteiger charge is -2.32. The van der Waals surface area contributed by atoms with Gasteiger partial charge in [-0.25, -0.2) is 0 Å². The molecule has 0 amide bonds. The maximum atomic E-state index is 11.7. The monoisotopic (exact) mass is 558 g/mol. The van der Waals surface area contributed by atoms with E-state index in [-0.39, 0.29) is 18.6 Å². The van der Waals surface area contributed by atoms with Crippen molar-refractivity contribution in [2.45, 2.75) is 147 Å². The number of nitrogens with one attached hydrogen (secondary N) is 4. The molecule has 5 heterocycles. The number of aliphatic hydroxyl groups excluding tert-OH is 1. The van der Waals surface area contributed by atoms with Gasteiger partial charge in [0.15, 0.2) is 0 Å². The molecule has 6 aliphatic rings. The van der Waals surface area contributed by atoms with Gasteiger partial charge in [0.2, 0.25) is 0 Å². The summed E-state index contributed by atoms with van der Waals surface area (Å²) in [7, 11) is 0. The fourth-order valence-corrected chi connectivity index (χ4v) is 11.6. The molecular weight excluding hydrogens is 500 g/mol. The first-order valence-corrected chi connectivity index (χ1v) is 17.1. The molecule has 6 rings (SSSR count). The number of carbonyl (C=O) groups is 1. The van der Waals surface area contributed by atoms with Crippen LogP contribution in [0.25, 0.3) is 0 Å². The van der Waals surface area contributed by atoms with Crippen molar-refractivity contribution in [2.75, 3.05) is 0 Å². The first kappa shape index (κ1) is 29.3. The Morgan fingerprint density at radius 2 is 1.12 bits per heavy atom. The van der Waals surface area contributed by atoms with Crippen LogP contribution in [0.5, 0.6) is 0 Å². The minimum Gasteiger partial charge on any atom is -0.481 e. The molecule has 5 saturated heterocycles. The topological polar surface area (TPSA) is 106 Å². The van der Waals surface area contributed by atoms with Crippen molar-refractivity contribution in [1.29, 1.82) is 0 Å². The molecule has 6 N–H and O–H groups in total. The quantitative estimate of drug-likeness (QED) is 0.306. The number of carboxylic acids is 1. The molecule has 228 valence electrons. The Morgan fingerprint density at radius 3 is 1.68 bits per heavy atom. The van der Waals surface area contributed by atoms with Gasteiger partial charge in [-0.2, -0.15) is 0 Å². The summed E-state index contributed by atoms with van der Waals surface area (Å²) < 4.78 is 0. The molecule has 0 radical (unpaired) electrons. The number of hydrogen-bond acceptors (Lipinski definition) is 6. The van der Waals surface area contributed by atoms with E-state index in [2.05, 4.69) is 62.8 Å². The standard InChI is InChI=1S/C33H58N4O3/c1-7-19-15(3)23-12-25-17(5)21(9-10-30(39)40)32(36-25)22-11-29(38)31-18(6)26(37-33(22)31)14-28-20(8-2)16(4)24(35-28)13-27(19)34-23/h15-29,31-38H,7-14H2,1-6H3,(H,39,40). The van der Waals surface area contributed by atoms with E-state index in [9.17, 15) is 15.0 Å². The minimum absolute atomic E-state index is 0.235. The lowest BCUT2D eigenvalue weighted by atomic mass is 9.76. The number of aliphatic hydroxyl groups is 1. The van der Waals surface area contributed by atoms with Gasteiger partial charge < -0.3 is 31.5 Å². The van der Waals surface area contributed by atoms with Crippen molar-refractivity contribution in [2.24, 2.45) is 53.3 Å². The van der Waals surface area contributed by atoms with E-state index in [4.69, 9.17) is 0 Å². The van der Waals surface area contributed by atoms with E-state index in [1.54, 1.807) is 0 Å². The molecule has 0 spiro atoms. The van der Waals surface area contributed by atoms with E-state index in [1.807, 2.05) is 0 Å². The highest BCUT2D eigenvalue weighted by Crippen LogP contribution is 2.50. The Morgan fingerprint density at radius 1 is 0.650 bits per heavy atom. The van der Waals surface area contributed by atoms with Gasteiger partial charge in [0.25, 0.3) is 0 Å². The average Bonchev–Trinajstić information content (AvgIpc) is 3.65. The van der Waals surface area contributed by atoms with E-state index in [1.165, 1.54) is 19.3 Å². The van der Waals surface area contributed by atoms with Crippen molar-refractivity contribution < 1.29 is 15.0 Å². The van der Waals surface area contributed by atoms with Crippen LogP contribution in [0, 0.1) is 53.3 Å². The molecule has 1 saturated carbocycles. The zero-order valence-corrected chi connectivity index (χ0v) is 25.9. The lowest BCUT2D eigenvalue weighted by molar-refractivity contribution is -0.137. The summed E-state index contributed by atoms with van der Waals surface area (Å²) in [5, 5.41) is 37.7. The number of fused-ring (bicyclic) bond motifs is 8. The third-order valence-electron chi connectivity index (χ3n) is 13.8. The van der Waals surface area contributed by atoms with Crippen LogP contribution in [-0.4, -0.2) is 70.6 Å². The average molecular weight is 559 g/mol. The van der Waals surface area contributed by atoms with Crippen LogP contribution in [0.2, 0.25) is 0 Å². The van der Waals surface area contributed by atoms with E-state index < -0.39 is 5.97 Å². The van der Waals surface area contributed by atoms with Crippen molar-refractivity contribution >= 4 is 5.97 Å². The maximum Gasteiger partial charge on any atom is 0.303 e. The highest BCUT2D eigenvalue weighted by molar-refractivity contribution is 5.66. The second kappa shape index (κ2) is 11.4. The number of aliphatic carboxylic acids is 1. The van der Waals surface area contributed by atoms with Gasteiger partial charge in [0.05, 0.1) is 6.10 Å². The molecule has 40 heavy (non-hydrogen) atoms. The third-order valence-corrected chi connectivity index (χ3v) is 13.8. The highest BCUT2D eigenvalue weighted by atomic mass is 16.4. The van der Waals surface area contributed by atoms with Gasteiger partial charge in [-0.3, -0.25) is 4.79 Å². The second-order valence-corrected chi connectivity index (χ2v) is 15.3. The molecule has 7 nitrogen and oxygen atoms in total. The Balaban J connectivity index is 1.34. The van der Waals surface area contributed by atoms with Crippen molar-refractivity contribution in [3.05, 3.63) is 0 Å². The highest BCUT2D eigenvalue weighted by Gasteiger charge is 2.58. The third kappa shape index (κ3) is 4.88. The van der Waals surface area contributed by atoms with Crippen LogP contribution in [0.3, 0.4) is 0 Å². The van der Waals surface area contributed by atoms with Gasteiger partial charge >= 0.3 is 5.97 Å². The molecule has 0 aromatic heterocycles. The SMILES string of the molecule is CCC1C2CC3NC(CC4NC5C(CC(O)C5C4C)C4NC(CC(N2)C1C)C(C)C4CCC(=O)O)C(CC)C3C. The van der Waals surface area contributed by atoms with Gasteiger partial charge in [0.1, 0.15) is 0 Å². The van der Waals surface area contributed by atoms with Gasteiger partial charge in [0, 0.05) is 60.7 Å². The van der Waals surface area contributed by atoms with E-state index in [0.29, 0.717) is 95.6 Å². The summed E-state index contributed by atoms with van der Waals surface area (Å²) in [6.45, 7) is 14.5. The fraction of sp³-hybridized carbons (Fsp3) is 0.970. The van der Waals surface area contributed by atoms with Crippen LogP contribution in [0.1, 0.15) is 92.9 Å². The van der Waals surface area contributed by atoms with Crippen LogP contribution in [0.15, 0.2) is 0 Å². The Kier molecular flexibility index (Phi) is 8.37. The van der Waals surface area contributed by atoms with E-state index in [0.717, 1.165) is 25.7 Å². The summed E-state index contributed by atoms with van der Waals surface area (Å²) in [5.74, 6) is 3.89. The molecule has 1 aliphatic carbocycles. The molecule has 0 aromatic carbocycles. The van der Waals surface area contributed by atoms with Crippen LogP contribution in [0.4, 0.5) is 0 Å². The first-order valence-electron chi connectivity index (χ1n) is 17.1.